The van der Waals surface area contributed by atoms with Crippen molar-refractivity contribution in [3.8, 4) is 0 Å². The summed E-state index contributed by atoms with van der Waals surface area (Å²) in [5.74, 6) is -0.182. The lowest BCUT2D eigenvalue weighted by atomic mass is 10.2. The Morgan fingerprint density at radius 1 is 1.71 bits per heavy atom. The molecule has 1 atom stereocenters. The van der Waals surface area contributed by atoms with Gasteiger partial charge in [0.05, 0.1) is 30.3 Å². The largest absolute Gasteiger partial charge is 0.469 e. The average molecular weight is 255 g/mol. The fourth-order valence-corrected chi connectivity index (χ4v) is 2.78. The Hall–Kier alpha value is -0.940. The van der Waals surface area contributed by atoms with E-state index < -0.39 is 0 Å². The molecule has 1 unspecified atom stereocenters. The molecule has 94 valence electrons. The van der Waals surface area contributed by atoms with Crippen molar-refractivity contribution in [2.75, 3.05) is 13.7 Å². The van der Waals surface area contributed by atoms with Crippen LogP contribution in [0.15, 0.2) is 5.38 Å². The highest BCUT2D eigenvalue weighted by molar-refractivity contribution is 7.09. The highest BCUT2D eigenvalue weighted by atomic mass is 32.1. The quantitative estimate of drug-likeness (QED) is 0.755. The second-order valence-corrected chi connectivity index (χ2v) is 5.09. The van der Waals surface area contributed by atoms with Crippen LogP contribution < -0.4 is 0 Å². The van der Waals surface area contributed by atoms with Crippen LogP contribution in [0.25, 0.3) is 0 Å². The summed E-state index contributed by atoms with van der Waals surface area (Å²) in [6, 6.07) is 0. The topological polar surface area (TPSA) is 48.4 Å². The number of carbonyl (C=O) groups is 1. The van der Waals surface area contributed by atoms with Crippen LogP contribution in [0, 0.1) is 0 Å². The number of thiazole rings is 1. The van der Waals surface area contributed by atoms with E-state index in [4.69, 9.17) is 4.74 Å². The highest BCUT2D eigenvalue weighted by Crippen LogP contribution is 2.20. The Bertz CT molecular complexity index is 372. The maximum Gasteiger partial charge on any atom is 0.305 e. The predicted molar refractivity (Wildman–Crippen MR) is 65.1 cm³/mol. The molecule has 1 aromatic rings. The lowest BCUT2D eigenvalue weighted by molar-refractivity contribution is -0.140. The molecular weight excluding hydrogens is 238 g/mol. The lowest BCUT2D eigenvalue weighted by Crippen LogP contribution is -2.08. The van der Waals surface area contributed by atoms with Crippen LogP contribution in [-0.2, 0) is 27.1 Å². The predicted octanol–water partition coefficient (Wildman–Crippen LogP) is 1.97. The van der Waals surface area contributed by atoms with Crippen LogP contribution in [-0.4, -0.2) is 30.8 Å². The van der Waals surface area contributed by atoms with Gasteiger partial charge in [0.15, 0.2) is 0 Å². The number of nitrogens with zero attached hydrogens (tertiary/aromatic N) is 1. The average Bonchev–Trinajstić information content (AvgIpc) is 2.98. The standard InChI is InChI=1S/C12H17NO3S/c1-15-12(14)5-4-9-8-17-11(13-9)7-10-3-2-6-16-10/h8,10H,2-7H2,1H3. The van der Waals surface area contributed by atoms with Crippen LogP contribution >= 0.6 is 11.3 Å². The molecule has 0 spiro atoms. The van der Waals surface area contributed by atoms with Gasteiger partial charge in [0.2, 0.25) is 0 Å². The van der Waals surface area contributed by atoms with Crippen molar-refractivity contribution in [2.45, 2.75) is 38.2 Å². The van der Waals surface area contributed by atoms with E-state index in [1.807, 2.05) is 5.38 Å². The summed E-state index contributed by atoms with van der Waals surface area (Å²) in [6.07, 6.45) is 4.61. The molecule has 0 saturated carbocycles. The minimum Gasteiger partial charge on any atom is -0.469 e. The molecule has 2 rings (SSSR count). The smallest absolute Gasteiger partial charge is 0.305 e. The Morgan fingerprint density at radius 3 is 3.29 bits per heavy atom. The first-order chi connectivity index (χ1) is 8.28. The number of rotatable bonds is 5. The van der Waals surface area contributed by atoms with Crippen molar-refractivity contribution >= 4 is 17.3 Å². The van der Waals surface area contributed by atoms with Gasteiger partial charge in [-0.15, -0.1) is 11.3 Å². The van der Waals surface area contributed by atoms with Gasteiger partial charge in [-0.05, 0) is 12.8 Å². The van der Waals surface area contributed by atoms with Crippen molar-refractivity contribution in [2.24, 2.45) is 0 Å². The Balaban J connectivity index is 1.80. The molecule has 1 saturated heterocycles. The maximum absolute atomic E-state index is 11.0. The van der Waals surface area contributed by atoms with Crippen LogP contribution in [0.5, 0.6) is 0 Å². The van der Waals surface area contributed by atoms with Gasteiger partial charge in [0, 0.05) is 24.8 Å². The Morgan fingerprint density at radius 2 is 2.59 bits per heavy atom. The van der Waals surface area contributed by atoms with Crippen LogP contribution in [0.2, 0.25) is 0 Å². The van der Waals surface area contributed by atoms with Crippen LogP contribution in [0.3, 0.4) is 0 Å². The lowest BCUT2D eigenvalue weighted by Gasteiger charge is -2.05. The zero-order chi connectivity index (χ0) is 12.1. The van der Waals surface area contributed by atoms with Gasteiger partial charge >= 0.3 is 5.97 Å². The molecule has 4 nitrogen and oxygen atoms in total. The van der Waals surface area contributed by atoms with E-state index in [2.05, 4.69) is 9.72 Å². The first-order valence-corrected chi connectivity index (χ1v) is 6.77. The van der Waals surface area contributed by atoms with Crippen LogP contribution in [0.1, 0.15) is 30.0 Å². The molecule has 5 heteroatoms. The Kier molecular flexibility index (Phi) is 4.50. The van der Waals surface area contributed by atoms with Gasteiger partial charge in [-0.25, -0.2) is 4.98 Å². The maximum atomic E-state index is 11.0. The molecule has 1 aromatic heterocycles. The number of hydrogen-bond acceptors (Lipinski definition) is 5. The van der Waals surface area contributed by atoms with Crippen molar-refractivity contribution in [1.29, 1.82) is 0 Å². The highest BCUT2D eigenvalue weighted by Gasteiger charge is 2.17. The number of aryl methyl sites for hydroxylation is 1. The van der Waals surface area contributed by atoms with Gasteiger partial charge in [-0.2, -0.15) is 0 Å². The molecular formula is C12H17NO3S. The van der Waals surface area contributed by atoms with Crippen molar-refractivity contribution < 1.29 is 14.3 Å². The van der Waals surface area contributed by atoms with Gasteiger partial charge < -0.3 is 9.47 Å². The SMILES string of the molecule is COC(=O)CCc1csc(CC2CCCO2)n1. The summed E-state index contributed by atoms with van der Waals surface area (Å²) < 4.78 is 10.2. The first-order valence-electron chi connectivity index (χ1n) is 5.89. The third kappa shape index (κ3) is 3.78. The third-order valence-electron chi connectivity index (χ3n) is 2.84. The second-order valence-electron chi connectivity index (χ2n) is 4.15. The Labute approximate surface area is 105 Å². The molecule has 1 fully saturated rings. The second kappa shape index (κ2) is 6.12. The first kappa shape index (κ1) is 12.5. The van der Waals surface area contributed by atoms with Crippen molar-refractivity contribution in [1.82, 2.24) is 4.98 Å². The molecule has 2 heterocycles. The van der Waals surface area contributed by atoms with E-state index >= 15 is 0 Å². The molecule has 0 aromatic carbocycles. The molecule has 1 aliphatic rings. The number of aromatic nitrogens is 1. The number of carbonyl (C=O) groups excluding carboxylic acids is 1. The van der Waals surface area contributed by atoms with E-state index in [1.54, 1.807) is 11.3 Å². The minimum absolute atomic E-state index is 0.182. The van der Waals surface area contributed by atoms with Crippen molar-refractivity contribution in [3.05, 3.63) is 16.1 Å². The third-order valence-corrected chi connectivity index (χ3v) is 3.76. The molecule has 0 N–H and O–H groups in total. The summed E-state index contributed by atoms with van der Waals surface area (Å²) in [6.45, 7) is 0.880. The van der Waals surface area contributed by atoms with E-state index in [1.165, 1.54) is 7.11 Å². The van der Waals surface area contributed by atoms with Crippen LogP contribution in [0.4, 0.5) is 0 Å². The fraction of sp³-hybridized carbons (Fsp3) is 0.667. The molecule has 1 aliphatic heterocycles. The number of methoxy groups -OCH3 is 1. The summed E-state index contributed by atoms with van der Waals surface area (Å²) in [7, 11) is 1.41. The number of esters is 1. The van der Waals surface area contributed by atoms with Gasteiger partial charge in [-0.3, -0.25) is 4.79 Å². The zero-order valence-electron chi connectivity index (χ0n) is 9.98. The zero-order valence-corrected chi connectivity index (χ0v) is 10.8. The van der Waals surface area contributed by atoms with E-state index in [0.29, 0.717) is 18.9 Å². The number of hydrogen-bond donors (Lipinski definition) is 0. The molecule has 0 bridgehead atoms. The summed E-state index contributed by atoms with van der Waals surface area (Å²) in [5.41, 5.74) is 0.980. The minimum atomic E-state index is -0.182. The van der Waals surface area contributed by atoms with E-state index in [0.717, 1.165) is 36.6 Å². The molecule has 17 heavy (non-hydrogen) atoms. The number of ether oxygens (including phenoxy) is 2. The monoisotopic (exact) mass is 255 g/mol. The summed E-state index contributed by atoms with van der Waals surface area (Å²) >= 11 is 1.65. The normalized spacial score (nSPS) is 19.5. The van der Waals surface area contributed by atoms with E-state index in [-0.39, 0.29) is 5.97 Å². The van der Waals surface area contributed by atoms with Gasteiger partial charge in [0.25, 0.3) is 0 Å². The fourth-order valence-electron chi connectivity index (χ4n) is 1.89. The van der Waals surface area contributed by atoms with Crippen molar-refractivity contribution in [3.63, 3.8) is 0 Å². The molecule has 0 amide bonds. The van der Waals surface area contributed by atoms with E-state index in [9.17, 15) is 4.79 Å². The molecule has 0 aliphatic carbocycles. The summed E-state index contributed by atoms with van der Waals surface area (Å²) in [4.78, 5) is 15.5. The summed E-state index contributed by atoms with van der Waals surface area (Å²) in [5, 5.41) is 3.13. The van der Waals surface area contributed by atoms with Gasteiger partial charge in [-0.1, -0.05) is 0 Å². The molecule has 0 radical (unpaired) electrons. The van der Waals surface area contributed by atoms with Gasteiger partial charge in [0.1, 0.15) is 0 Å².